The first-order valence-electron chi connectivity index (χ1n) is 11.8. The van der Waals surface area contributed by atoms with E-state index in [0.29, 0.717) is 22.1 Å². The van der Waals surface area contributed by atoms with Gasteiger partial charge in [0, 0.05) is 18.1 Å². The average Bonchev–Trinajstić information content (AvgIpc) is 3.60. The smallest absolute Gasteiger partial charge is 0.184 e. The first kappa shape index (κ1) is 26.9. The van der Waals surface area contributed by atoms with Gasteiger partial charge in [0.1, 0.15) is 40.7 Å². The van der Waals surface area contributed by atoms with E-state index in [1.807, 2.05) is 30.3 Å². The van der Waals surface area contributed by atoms with E-state index in [0.717, 1.165) is 5.56 Å². The van der Waals surface area contributed by atoms with E-state index in [1.165, 1.54) is 30.6 Å². The summed E-state index contributed by atoms with van der Waals surface area (Å²) in [6, 6.07) is 12.5. The third kappa shape index (κ3) is 4.52. The van der Waals surface area contributed by atoms with E-state index >= 15 is 0 Å². The van der Waals surface area contributed by atoms with Crippen LogP contribution in [0.2, 0.25) is 10.0 Å². The van der Waals surface area contributed by atoms with Crippen molar-refractivity contribution in [2.75, 3.05) is 19.5 Å². The van der Waals surface area contributed by atoms with Crippen LogP contribution in [0.25, 0.3) is 11.4 Å². The van der Waals surface area contributed by atoms with Crippen LogP contribution in [0.1, 0.15) is 17.4 Å². The van der Waals surface area contributed by atoms with E-state index in [1.54, 1.807) is 16.3 Å². The number of hydrogen-bond donors (Lipinski definition) is 2. The van der Waals surface area contributed by atoms with Crippen molar-refractivity contribution in [2.24, 2.45) is 0 Å². The standard InChI is InChI=1S/C25H22Cl2FN5O4S2/c1-34-21-23(38)36-18-10-35-22(12-5-3-2-4-6-12)37-20(18)25(21,13-7-14(26)19(28)15(27)8-13)33-9-16(31-32-33)17-11-39-24(29)30-17/h2-9,11,18,20-23,38H,10H2,1H3,(H2,29,30)/t18-,20+,21+,22?,23-,25?/m1/s1. The number of halogens is 3. The van der Waals surface area contributed by atoms with Crippen molar-refractivity contribution in [3.8, 4) is 11.4 Å². The van der Waals surface area contributed by atoms with E-state index in [-0.39, 0.29) is 16.7 Å². The lowest BCUT2D eigenvalue weighted by molar-refractivity contribution is -0.323. The molecule has 14 heteroatoms. The van der Waals surface area contributed by atoms with E-state index in [2.05, 4.69) is 15.3 Å². The van der Waals surface area contributed by atoms with Crippen molar-refractivity contribution in [3.05, 3.63) is 81.0 Å². The molecule has 2 aromatic heterocycles. The minimum absolute atomic E-state index is 0.173. The molecule has 2 aliphatic heterocycles. The zero-order valence-corrected chi connectivity index (χ0v) is 23.5. The number of nitrogens with two attached hydrogens (primary N) is 1. The van der Waals surface area contributed by atoms with Crippen molar-refractivity contribution in [1.82, 2.24) is 20.0 Å². The molecule has 0 spiro atoms. The Labute approximate surface area is 242 Å². The molecule has 4 heterocycles. The Hall–Kier alpha value is -2.29. The summed E-state index contributed by atoms with van der Waals surface area (Å²) in [5, 5.41) is 10.7. The molecule has 2 aliphatic rings. The second kappa shape index (κ2) is 10.6. The molecule has 0 saturated carbocycles. The molecule has 9 nitrogen and oxygen atoms in total. The van der Waals surface area contributed by atoms with Crippen LogP contribution >= 0.6 is 47.2 Å². The number of nitrogens with zero attached hydrogens (tertiary/aromatic N) is 4. The van der Waals surface area contributed by atoms with Gasteiger partial charge in [-0.2, -0.15) is 0 Å². The molecule has 2 fully saturated rings. The Morgan fingerprint density at radius 3 is 2.59 bits per heavy atom. The van der Waals surface area contributed by atoms with Crippen molar-refractivity contribution in [2.45, 2.75) is 35.6 Å². The number of benzene rings is 2. The number of hydrogen-bond acceptors (Lipinski definition) is 10. The molecule has 4 aromatic rings. The summed E-state index contributed by atoms with van der Waals surface area (Å²) < 4.78 is 41.2. The summed E-state index contributed by atoms with van der Waals surface area (Å²) in [7, 11) is 1.52. The van der Waals surface area contributed by atoms with Gasteiger partial charge in [-0.1, -0.05) is 58.7 Å². The van der Waals surface area contributed by atoms with Gasteiger partial charge in [0.05, 0.1) is 22.8 Å². The van der Waals surface area contributed by atoms with Gasteiger partial charge in [-0.25, -0.2) is 14.1 Å². The fourth-order valence-electron chi connectivity index (χ4n) is 5.21. The van der Waals surface area contributed by atoms with Gasteiger partial charge in [0.15, 0.2) is 17.2 Å². The van der Waals surface area contributed by atoms with Crippen LogP contribution < -0.4 is 5.73 Å². The van der Waals surface area contributed by atoms with Gasteiger partial charge in [-0.3, -0.25) is 0 Å². The number of thiazole rings is 1. The maximum absolute atomic E-state index is 14.7. The average molecular weight is 611 g/mol. The molecule has 0 radical (unpaired) electrons. The summed E-state index contributed by atoms with van der Waals surface area (Å²) >= 11 is 18.7. The highest BCUT2D eigenvalue weighted by Gasteiger charge is 2.62. The second-order valence-electron chi connectivity index (χ2n) is 9.05. The first-order chi connectivity index (χ1) is 18.8. The van der Waals surface area contributed by atoms with Gasteiger partial charge in [-0.05, 0) is 17.7 Å². The van der Waals surface area contributed by atoms with Crippen molar-refractivity contribution in [1.29, 1.82) is 0 Å². The highest BCUT2D eigenvalue weighted by atomic mass is 35.5. The number of ether oxygens (including phenoxy) is 4. The number of methoxy groups -OCH3 is 1. The summed E-state index contributed by atoms with van der Waals surface area (Å²) in [4.78, 5) is 4.33. The van der Waals surface area contributed by atoms with E-state index in [9.17, 15) is 4.39 Å². The van der Waals surface area contributed by atoms with Gasteiger partial charge in [-0.15, -0.1) is 29.1 Å². The van der Waals surface area contributed by atoms with Crippen LogP contribution in [-0.2, 0) is 24.5 Å². The molecule has 0 bridgehead atoms. The second-order valence-corrected chi connectivity index (χ2v) is 11.3. The van der Waals surface area contributed by atoms with Crippen LogP contribution in [0, 0.1) is 5.82 Å². The summed E-state index contributed by atoms with van der Waals surface area (Å²) in [6.07, 6.45) is -1.28. The fourth-order valence-corrected chi connectivity index (χ4v) is 6.76. The maximum atomic E-state index is 14.7. The van der Waals surface area contributed by atoms with Crippen LogP contribution in [0.15, 0.2) is 54.0 Å². The normalized spacial score (nSPS) is 28.8. The van der Waals surface area contributed by atoms with Gasteiger partial charge in [0.25, 0.3) is 0 Å². The molecule has 2 unspecified atom stereocenters. The highest BCUT2D eigenvalue weighted by molar-refractivity contribution is 7.80. The topological polar surface area (TPSA) is 107 Å². The maximum Gasteiger partial charge on any atom is 0.184 e. The molecule has 6 rings (SSSR count). The molecule has 39 heavy (non-hydrogen) atoms. The Bertz CT molecular complexity index is 1470. The molecule has 0 aliphatic carbocycles. The van der Waals surface area contributed by atoms with Crippen LogP contribution in [0.3, 0.4) is 0 Å². The lowest BCUT2D eigenvalue weighted by atomic mass is 9.75. The number of nitrogen functional groups attached to an aromatic ring is 1. The lowest BCUT2D eigenvalue weighted by Gasteiger charge is -2.55. The SMILES string of the molecule is CO[C@H]1[C@@H](S)O[C@@H]2COC(c3ccccc3)O[C@@H]2C1(c1cc(Cl)c(F)c(Cl)c1)n1cc(-c2csc(N)n2)nn1. The largest absolute Gasteiger partial charge is 0.375 e. The molecular formula is C25H22Cl2FN5O4S2. The van der Waals surface area contributed by atoms with E-state index in [4.69, 9.17) is 60.5 Å². The van der Waals surface area contributed by atoms with Crippen molar-refractivity contribution < 1.29 is 23.3 Å². The first-order valence-corrected chi connectivity index (χ1v) is 14.0. The zero-order chi connectivity index (χ0) is 27.3. The Morgan fingerprint density at radius 2 is 1.92 bits per heavy atom. The molecule has 204 valence electrons. The summed E-state index contributed by atoms with van der Waals surface area (Å²) in [5.74, 6) is -0.746. The Kier molecular flexibility index (Phi) is 7.31. The third-order valence-corrected chi connectivity index (χ3v) is 8.51. The molecular weight excluding hydrogens is 588 g/mol. The molecule has 0 amide bonds. The monoisotopic (exact) mass is 609 g/mol. The predicted molar refractivity (Wildman–Crippen MR) is 147 cm³/mol. The summed E-state index contributed by atoms with van der Waals surface area (Å²) in [5.41, 5.74) is 6.02. The molecule has 2 saturated heterocycles. The Morgan fingerprint density at radius 1 is 1.18 bits per heavy atom. The van der Waals surface area contributed by atoms with Gasteiger partial charge >= 0.3 is 0 Å². The quantitative estimate of drug-likeness (QED) is 0.242. The van der Waals surface area contributed by atoms with E-state index < -0.39 is 41.4 Å². The Balaban J connectivity index is 1.58. The molecule has 6 atom stereocenters. The third-order valence-electron chi connectivity index (χ3n) is 6.89. The minimum atomic E-state index is -1.34. The van der Waals surface area contributed by atoms with Crippen molar-refractivity contribution in [3.63, 3.8) is 0 Å². The van der Waals surface area contributed by atoms with Gasteiger partial charge < -0.3 is 24.7 Å². The fraction of sp³-hybridized carbons (Fsp3) is 0.320. The number of fused-ring (bicyclic) bond motifs is 1. The summed E-state index contributed by atoms with van der Waals surface area (Å²) in [6.45, 7) is 0.173. The predicted octanol–water partition coefficient (Wildman–Crippen LogP) is 4.96. The number of anilines is 1. The lowest BCUT2D eigenvalue weighted by Crippen LogP contribution is -2.69. The van der Waals surface area contributed by atoms with Gasteiger partial charge in [0.2, 0.25) is 0 Å². The number of thiol groups is 1. The number of rotatable bonds is 5. The van der Waals surface area contributed by atoms with Crippen LogP contribution in [0.4, 0.5) is 9.52 Å². The van der Waals surface area contributed by atoms with Crippen LogP contribution in [0.5, 0.6) is 0 Å². The molecule has 2 aromatic carbocycles. The highest BCUT2D eigenvalue weighted by Crippen LogP contribution is 2.50. The molecule has 2 N–H and O–H groups in total. The number of aromatic nitrogens is 4. The van der Waals surface area contributed by atoms with Crippen LogP contribution in [-0.4, -0.2) is 57.4 Å². The zero-order valence-electron chi connectivity index (χ0n) is 20.3. The van der Waals surface area contributed by atoms with Crippen molar-refractivity contribution >= 4 is 52.3 Å². The minimum Gasteiger partial charge on any atom is -0.375 e.